The molecular formula is C15H34NP+2. The van der Waals surface area contributed by atoms with Crippen LogP contribution in [0.5, 0.6) is 0 Å². The zero-order chi connectivity index (χ0) is 13.9. The molecule has 0 aromatic carbocycles. The molecule has 1 N–H and O–H groups in total. The Kier molecular flexibility index (Phi) is 6.36. The van der Waals surface area contributed by atoms with Crippen LogP contribution in [0.15, 0.2) is 0 Å². The van der Waals surface area contributed by atoms with E-state index in [0.29, 0.717) is 0 Å². The molecule has 0 saturated heterocycles. The Bertz CT molecular complexity index is 240. The van der Waals surface area contributed by atoms with Gasteiger partial charge < -0.3 is 0 Å². The van der Waals surface area contributed by atoms with E-state index in [1.54, 1.807) is 0 Å². The van der Waals surface area contributed by atoms with Crippen LogP contribution in [-0.2, 0) is 0 Å². The van der Waals surface area contributed by atoms with Crippen LogP contribution in [0.25, 0.3) is 0 Å². The van der Waals surface area contributed by atoms with E-state index in [-0.39, 0.29) is 5.54 Å². The first-order chi connectivity index (χ1) is 7.55. The molecular weight excluding hydrogens is 225 g/mol. The van der Waals surface area contributed by atoms with E-state index in [0.717, 1.165) is 17.0 Å². The molecule has 0 aromatic heterocycles. The number of hydrogen-bond donors (Lipinski definition) is 1. The molecule has 0 fully saturated rings. The zero-order valence-electron chi connectivity index (χ0n) is 13.5. The van der Waals surface area contributed by atoms with Crippen molar-refractivity contribution in [3.05, 3.63) is 0 Å². The van der Waals surface area contributed by atoms with Crippen molar-refractivity contribution in [3.63, 3.8) is 0 Å². The van der Waals surface area contributed by atoms with Crippen molar-refractivity contribution in [2.24, 2.45) is 0 Å². The average Bonchev–Trinajstić information content (AvgIpc) is 2.15. The first-order valence-electron chi connectivity index (χ1n) is 7.02. The summed E-state index contributed by atoms with van der Waals surface area (Å²) in [6.07, 6.45) is 3.65. The van der Waals surface area contributed by atoms with Crippen molar-refractivity contribution in [2.75, 3.05) is 6.66 Å². The lowest BCUT2D eigenvalue weighted by molar-refractivity contribution is -0.535. The summed E-state index contributed by atoms with van der Waals surface area (Å²) >= 11 is 0. The summed E-state index contributed by atoms with van der Waals surface area (Å²) in [6, 6.07) is 0. The predicted octanol–water partition coefficient (Wildman–Crippen LogP) is 3.18. The zero-order valence-corrected chi connectivity index (χ0v) is 14.4. The van der Waals surface area contributed by atoms with Gasteiger partial charge in [-0.1, -0.05) is 6.92 Å². The number of nitrogens with one attached hydrogen (secondary N) is 1. The van der Waals surface area contributed by atoms with Crippen molar-refractivity contribution >= 4 is 13.5 Å². The molecule has 2 heteroatoms. The van der Waals surface area contributed by atoms with Gasteiger partial charge in [-0.05, 0) is 54.9 Å². The van der Waals surface area contributed by atoms with Crippen molar-refractivity contribution in [1.29, 1.82) is 0 Å². The van der Waals surface area contributed by atoms with Crippen LogP contribution in [0.1, 0.15) is 61.8 Å². The SMILES string of the molecule is CC[C@@H](C=[NH+]C(C)(C)C)[P+](C)(C(C)C)C(C)C. The maximum absolute atomic E-state index is 3.59. The standard InChI is InChI=1S/C15H33NP/c1-10-14(11-16-15(6,7)8)17(9,12(2)3)13(4)5/h11-14H,10H2,1-9H3/q+1/p+1/t14-/m0/s1. The molecule has 0 amide bonds. The molecule has 1 nitrogen and oxygen atoms in total. The predicted molar refractivity (Wildman–Crippen MR) is 84.0 cm³/mol. The Hall–Kier alpha value is 0.100. The minimum atomic E-state index is -0.927. The fraction of sp³-hybridized carbons (Fsp3) is 0.933. The summed E-state index contributed by atoms with van der Waals surface area (Å²) < 4.78 is 0. The summed E-state index contributed by atoms with van der Waals surface area (Å²) in [5, 5.41) is 0. The smallest absolute Gasteiger partial charge is 0.179 e. The van der Waals surface area contributed by atoms with Gasteiger partial charge in [-0.15, -0.1) is 0 Å². The van der Waals surface area contributed by atoms with E-state index < -0.39 is 7.26 Å². The monoisotopic (exact) mass is 259 g/mol. The largest absolute Gasteiger partial charge is 0.244 e. The second-order valence-electron chi connectivity index (χ2n) is 6.95. The highest BCUT2D eigenvalue weighted by Crippen LogP contribution is 2.67. The molecule has 17 heavy (non-hydrogen) atoms. The quantitative estimate of drug-likeness (QED) is 0.576. The van der Waals surface area contributed by atoms with E-state index >= 15 is 0 Å². The molecule has 0 aliphatic rings. The molecule has 0 heterocycles. The molecule has 1 atom stereocenters. The Morgan fingerprint density at radius 3 is 1.71 bits per heavy atom. The lowest BCUT2D eigenvalue weighted by Gasteiger charge is -2.35. The second-order valence-corrected chi connectivity index (χ2v) is 12.1. The van der Waals surface area contributed by atoms with Gasteiger partial charge in [0.2, 0.25) is 0 Å². The topological polar surface area (TPSA) is 14.0 Å². The van der Waals surface area contributed by atoms with E-state index in [2.05, 4.69) is 73.3 Å². The Morgan fingerprint density at radius 2 is 1.47 bits per heavy atom. The highest BCUT2D eigenvalue weighted by molar-refractivity contribution is 7.77. The van der Waals surface area contributed by atoms with Gasteiger partial charge in [0.1, 0.15) is 5.66 Å². The maximum atomic E-state index is 3.59. The normalized spacial score (nSPS) is 16.2. The molecule has 0 rings (SSSR count). The molecule has 0 spiro atoms. The van der Waals surface area contributed by atoms with Crippen LogP contribution in [0.3, 0.4) is 0 Å². The maximum Gasteiger partial charge on any atom is 0.179 e. The first-order valence-corrected chi connectivity index (χ1v) is 9.46. The summed E-state index contributed by atoms with van der Waals surface area (Å²) in [6.45, 7) is 21.2. The van der Waals surface area contributed by atoms with Gasteiger partial charge in [0, 0.05) is 7.26 Å². The van der Waals surface area contributed by atoms with E-state index in [1.165, 1.54) is 6.42 Å². The summed E-state index contributed by atoms with van der Waals surface area (Å²) in [5.74, 6) is 0. The van der Waals surface area contributed by atoms with Gasteiger partial charge in [-0.3, -0.25) is 0 Å². The van der Waals surface area contributed by atoms with Crippen molar-refractivity contribution in [1.82, 2.24) is 0 Å². The third kappa shape index (κ3) is 4.70. The fourth-order valence-electron chi connectivity index (χ4n) is 2.38. The molecule has 0 saturated carbocycles. The third-order valence-corrected chi connectivity index (χ3v) is 10.5. The number of rotatable bonds is 5. The summed E-state index contributed by atoms with van der Waals surface area (Å²) in [5.41, 5.74) is 2.55. The first kappa shape index (κ1) is 17.1. The van der Waals surface area contributed by atoms with Crippen LogP contribution in [0.2, 0.25) is 0 Å². The second kappa shape index (κ2) is 6.32. The molecule has 0 unspecified atom stereocenters. The number of hydrogen-bond acceptors (Lipinski definition) is 0. The van der Waals surface area contributed by atoms with Crippen molar-refractivity contribution < 1.29 is 4.99 Å². The van der Waals surface area contributed by atoms with Crippen LogP contribution < -0.4 is 4.99 Å². The molecule has 102 valence electrons. The van der Waals surface area contributed by atoms with E-state index in [9.17, 15) is 0 Å². The third-order valence-electron chi connectivity index (χ3n) is 4.07. The minimum Gasteiger partial charge on any atom is -0.244 e. The minimum absolute atomic E-state index is 0.187. The van der Waals surface area contributed by atoms with Gasteiger partial charge >= 0.3 is 0 Å². The van der Waals surface area contributed by atoms with Gasteiger partial charge in [0.25, 0.3) is 0 Å². The van der Waals surface area contributed by atoms with E-state index in [4.69, 9.17) is 0 Å². The highest BCUT2D eigenvalue weighted by atomic mass is 31.2. The van der Waals surface area contributed by atoms with Gasteiger partial charge in [-0.2, -0.15) is 0 Å². The Morgan fingerprint density at radius 1 is 1.06 bits per heavy atom. The lowest BCUT2D eigenvalue weighted by atomic mass is 10.1. The van der Waals surface area contributed by atoms with Crippen molar-refractivity contribution in [2.45, 2.75) is 84.3 Å². The molecule has 0 bridgehead atoms. The van der Waals surface area contributed by atoms with Crippen LogP contribution in [-0.4, -0.2) is 35.4 Å². The Balaban J connectivity index is 5.14. The Labute approximate surface area is 110 Å². The van der Waals surface area contributed by atoms with Gasteiger partial charge in [-0.25, -0.2) is 4.99 Å². The van der Waals surface area contributed by atoms with Crippen LogP contribution >= 0.6 is 7.26 Å². The van der Waals surface area contributed by atoms with Crippen molar-refractivity contribution in [3.8, 4) is 0 Å². The van der Waals surface area contributed by atoms with Gasteiger partial charge in [0.05, 0.1) is 18.0 Å². The molecule has 0 aliphatic carbocycles. The molecule has 0 radical (unpaired) electrons. The van der Waals surface area contributed by atoms with Crippen LogP contribution in [0.4, 0.5) is 0 Å². The summed E-state index contributed by atoms with van der Waals surface area (Å²) in [7, 11) is -0.927. The average molecular weight is 259 g/mol. The highest BCUT2D eigenvalue weighted by Gasteiger charge is 2.46. The lowest BCUT2D eigenvalue weighted by Crippen LogP contribution is -2.82. The fourth-order valence-corrected chi connectivity index (χ4v) is 6.29. The molecule has 0 aliphatic heterocycles. The van der Waals surface area contributed by atoms with Crippen LogP contribution in [0, 0.1) is 0 Å². The summed E-state index contributed by atoms with van der Waals surface area (Å²) in [4.78, 5) is 3.59. The van der Waals surface area contributed by atoms with Gasteiger partial charge in [0.15, 0.2) is 11.8 Å². The van der Waals surface area contributed by atoms with E-state index in [1.807, 2.05) is 0 Å². The molecule has 0 aromatic rings.